The molecule has 12 aromatic carbocycles. The van der Waals surface area contributed by atoms with E-state index in [0.717, 1.165) is 44.5 Å². The molecule has 5 aliphatic rings. The molecule has 722 valence electrons. The molecule has 17 rings (SSSR count). The van der Waals surface area contributed by atoms with Crippen LogP contribution in [0, 0.1) is 17.5 Å². The lowest BCUT2D eigenvalue weighted by molar-refractivity contribution is -0.417. The smallest absolute Gasteiger partial charge is 0.225 e. The molecule has 0 saturated carbocycles. The second-order valence-corrected chi connectivity index (χ2v) is 35.5. The molecule has 7 N–H and O–H groups in total. The number of benzene rings is 12. The lowest BCUT2D eigenvalue weighted by atomic mass is 9.80. The summed E-state index contributed by atoms with van der Waals surface area (Å²) >= 11 is 19.9. The third kappa shape index (κ3) is 22.7. The van der Waals surface area contributed by atoms with Crippen molar-refractivity contribution >= 4 is 34.8 Å². The SMILES string of the molecule is CCOc1ccc(Cc2cc([C@@]34OC[C@@](CO)(O3)[C@@H](O)[C@H](O)[C@H]4O)ccc2Cl)cc1F.CCOc1ccc(Cc2cc([C@@]34OC[C@@](CO)(O3)[C@@H](OCc3ccccc3)[C@H](OCc3ccccc3)[C@H]4OCc3ccccc3)ccc2Cl)cc1F.CCOc1ccc(Cc2cc([C@]3(OC)OC(CO)(CO)[C@@H](OCc4ccccc4)[C@H](OCc4ccccc4)[C@H]3OCc3ccccc3)ccc2Cl)cc1F. The Hall–Kier alpha value is -10.1. The van der Waals surface area contributed by atoms with Gasteiger partial charge in [0.1, 0.15) is 71.7 Å². The van der Waals surface area contributed by atoms with Gasteiger partial charge in [-0.25, -0.2) is 13.2 Å². The van der Waals surface area contributed by atoms with E-state index in [1.165, 1.54) is 25.3 Å². The minimum Gasteiger partial charge on any atom is -0.491 e. The third-order valence-electron chi connectivity index (χ3n) is 25.1. The van der Waals surface area contributed by atoms with Crippen molar-refractivity contribution < 1.29 is 120 Å². The van der Waals surface area contributed by atoms with Gasteiger partial charge in [0.2, 0.25) is 17.4 Å². The zero-order chi connectivity index (χ0) is 96.3. The summed E-state index contributed by atoms with van der Waals surface area (Å²) in [4.78, 5) is 0. The number of fused-ring (bicyclic) bond motifs is 4. The first kappa shape index (κ1) is 101. The van der Waals surface area contributed by atoms with Gasteiger partial charge in [0.05, 0.1) is 99.1 Å². The summed E-state index contributed by atoms with van der Waals surface area (Å²) in [6.45, 7) is 5.13. The van der Waals surface area contributed by atoms with E-state index in [0.29, 0.717) is 80.3 Å². The monoisotopic (exact) mass is 1930 g/mol. The molecule has 0 spiro atoms. The topological polar surface area (TPSA) is 280 Å². The molecule has 22 nitrogen and oxygen atoms in total. The zero-order valence-electron chi connectivity index (χ0n) is 76.2. The van der Waals surface area contributed by atoms with E-state index in [-0.39, 0.29) is 82.9 Å². The third-order valence-corrected chi connectivity index (χ3v) is 26.2. The molecule has 5 saturated heterocycles. The van der Waals surface area contributed by atoms with E-state index >= 15 is 0 Å². The number of hydrogen-bond donors (Lipinski definition) is 7. The van der Waals surface area contributed by atoms with Crippen molar-refractivity contribution in [3.8, 4) is 17.2 Å². The van der Waals surface area contributed by atoms with Crippen molar-refractivity contribution in [3.63, 3.8) is 0 Å². The van der Waals surface area contributed by atoms with Gasteiger partial charge >= 0.3 is 0 Å². The van der Waals surface area contributed by atoms with Crippen LogP contribution in [0.2, 0.25) is 15.1 Å². The van der Waals surface area contributed by atoms with Crippen LogP contribution in [-0.2, 0) is 133 Å². The van der Waals surface area contributed by atoms with E-state index < -0.39 is 133 Å². The number of aliphatic hydroxyl groups excluding tert-OH is 7. The Morgan fingerprint density at radius 2 is 0.650 bits per heavy atom. The highest BCUT2D eigenvalue weighted by molar-refractivity contribution is 6.32. The first-order valence-corrected chi connectivity index (χ1v) is 46.6. The van der Waals surface area contributed by atoms with Crippen LogP contribution in [0.4, 0.5) is 13.2 Å². The second kappa shape index (κ2) is 46.4. The quantitative estimate of drug-likeness (QED) is 0.0189. The highest BCUT2D eigenvalue weighted by Gasteiger charge is 2.71. The standard InChI is InChI=1S/C44H46ClFO8.C43H42ClFO7.C22H24ClFO7/c1-3-50-39-22-19-34(24-38(39)46)23-35-25-36(20-21-37(35)45)44(49-2)42(53-28-33-17-11-6-12-18-33)40(51-26-31-13-7-4-8-14-31)41(43(29-47,30-48)54-44)52-27-32-15-9-5-10-16-32;1-2-47-38-21-18-33(23-37(38)45)22-34-24-35(19-20-36(34)44)43-41(50-27-32-16-10-5-11-17-32)39(48-25-30-12-6-3-7-13-30)40(42(28-46,52-43)29-51-43)49-26-31-14-8-4-9-15-31;1-2-29-17-6-3-12(8-16(17)24)7-13-9-14(4-5-15(13)23)22-20(28)18(26)19(27)21(10-25,31-22)11-30-22/h4-22,24-25,40-42,47-48H,3,23,26-30H2,1-2H3;3-21,23-24,39-41,46H,2,22,25-29H2,1H3;3-6,8-9,18-20,25-28H,2,7,10-11H2,1H3/t40-,41-,42+,44-;39-,40-,41+,42+,43+;18-,19-,20+,21+,22+/m000/s1. The van der Waals surface area contributed by atoms with E-state index in [1.807, 2.05) is 213 Å². The van der Waals surface area contributed by atoms with Crippen LogP contribution in [0.15, 0.2) is 291 Å². The minimum atomic E-state index is -1.79. The molecule has 28 heteroatoms. The van der Waals surface area contributed by atoms with Gasteiger partial charge in [-0.3, -0.25) is 0 Å². The highest BCUT2D eigenvalue weighted by Crippen LogP contribution is 2.55. The minimum absolute atomic E-state index is 0.0153. The van der Waals surface area contributed by atoms with Gasteiger partial charge in [0.25, 0.3) is 0 Å². The Morgan fingerprint density at radius 1 is 0.328 bits per heavy atom. The van der Waals surface area contributed by atoms with Crippen LogP contribution < -0.4 is 14.2 Å². The molecule has 0 amide bonds. The fourth-order valence-electron chi connectivity index (χ4n) is 18.0. The van der Waals surface area contributed by atoms with Crippen molar-refractivity contribution in [1.29, 1.82) is 0 Å². The van der Waals surface area contributed by atoms with Crippen LogP contribution in [-0.4, -0.2) is 174 Å². The Kier molecular flexibility index (Phi) is 34.3. The van der Waals surface area contributed by atoms with Crippen LogP contribution in [0.1, 0.15) is 104 Å². The summed E-state index contributed by atoms with van der Waals surface area (Å²) in [5.74, 6) is -5.96. The molecule has 5 fully saturated rings. The molecule has 0 aliphatic carbocycles. The lowest BCUT2D eigenvalue weighted by Crippen LogP contribution is -2.72. The van der Waals surface area contributed by atoms with E-state index in [2.05, 4.69) is 0 Å². The number of aliphatic hydroxyl groups is 7. The average Bonchev–Trinajstić information content (AvgIpc) is 1.63. The van der Waals surface area contributed by atoms with Crippen LogP contribution in [0.5, 0.6) is 17.2 Å². The predicted octanol–water partition coefficient (Wildman–Crippen LogP) is 17.4. The van der Waals surface area contributed by atoms with Crippen molar-refractivity contribution in [3.05, 3.63) is 407 Å². The van der Waals surface area contributed by atoms with Gasteiger partial charge in [0, 0.05) is 38.9 Å². The summed E-state index contributed by atoms with van der Waals surface area (Å²) in [5.41, 5.74) is 6.45. The Bertz CT molecular complexity index is 5900. The van der Waals surface area contributed by atoms with E-state index in [4.69, 9.17) is 106 Å². The summed E-state index contributed by atoms with van der Waals surface area (Å²) in [7, 11) is 1.48. The van der Waals surface area contributed by atoms with Gasteiger partial charge in [-0.15, -0.1) is 0 Å². The van der Waals surface area contributed by atoms with Gasteiger partial charge in [0.15, 0.2) is 34.7 Å². The molecular formula is C109H112Cl3F3O22. The van der Waals surface area contributed by atoms with Gasteiger partial charge in [-0.1, -0.05) is 253 Å². The fourth-order valence-corrected chi connectivity index (χ4v) is 18.6. The molecular weight excluding hydrogens is 1820 g/mol. The maximum absolute atomic E-state index is 14.9. The van der Waals surface area contributed by atoms with Gasteiger partial charge in [-0.2, -0.15) is 0 Å². The molecule has 0 unspecified atom stereocenters. The van der Waals surface area contributed by atoms with Gasteiger partial charge in [-0.05, 0) is 180 Å². The fraction of sp³-hybridized carbons (Fsp3) is 0.339. The van der Waals surface area contributed by atoms with Crippen LogP contribution in [0.25, 0.3) is 0 Å². The first-order valence-electron chi connectivity index (χ1n) is 45.5. The first-order chi connectivity index (χ1) is 66.5. The molecule has 5 aliphatic heterocycles. The highest BCUT2D eigenvalue weighted by atomic mass is 35.5. The number of rotatable bonds is 38. The van der Waals surface area contributed by atoms with Crippen LogP contribution >= 0.6 is 34.8 Å². The van der Waals surface area contributed by atoms with E-state index in [9.17, 15) is 48.9 Å². The van der Waals surface area contributed by atoms with E-state index in [1.54, 1.807) is 80.6 Å². The number of ether oxygens (including phenoxy) is 15. The molecule has 0 radical (unpaired) electrons. The maximum Gasteiger partial charge on any atom is 0.225 e. The maximum atomic E-state index is 14.9. The normalized spacial score (nSPS) is 24.5. The van der Waals surface area contributed by atoms with Crippen molar-refractivity contribution in [2.75, 3.05) is 66.6 Å². The molecule has 4 bridgehead atoms. The molecule has 14 atom stereocenters. The Morgan fingerprint density at radius 3 is 1.01 bits per heavy atom. The number of hydrogen-bond acceptors (Lipinski definition) is 22. The summed E-state index contributed by atoms with van der Waals surface area (Å²) < 4.78 is 139. The van der Waals surface area contributed by atoms with Crippen molar-refractivity contribution in [2.24, 2.45) is 0 Å². The number of halogens is 6. The van der Waals surface area contributed by atoms with Gasteiger partial charge < -0.3 is 107 Å². The molecule has 137 heavy (non-hydrogen) atoms. The predicted molar refractivity (Wildman–Crippen MR) is 507 cm³/mol. The van der Waals surface area contributed by atoms with Crippen molar-refractivity contribution in [1.82, 2.24) is 0 Å². The largest absolute Gasteiger partial charge is 0.491 e. The second-order valence-electron chi connectivity index (χ2n) is 34.2. The summed E-state index contributed by atoms with van der Waals surface area (Å²) in [5, 5.41) is 75.9. The van der Waals surface area contributed by atoms with Crippen LogP contribution in [0.3, 0.4) is 0 Å². The molecule has 12 aromatic rings. The molecule has 0 aromatic heterocycles. The molecule has 5 heterocycles. The van der Waals surface area contributed by atoms with Crippen molar-refractivity contribution in [2.45, 2.75) is 169 Å². The zero-order valence-corrected chi connectivity index (χ0v) is 78.4. The average molecular weight is 1940 g/mol. The lowest BCUT2D eigenvalue weighted by Gasteiger charge is -2.56. The Labute approximate surface area is 809 Å². The summed E-state index contributed by atoms with van der Waals surface area (Å²) in [6.07, 6.45) is -9.29. The Balaban J connectivity index is 0.000000162. The number of methoxy groups -OCH3 is 1. The summed E-state index contributed by atoms with van der Waals surface area (Å²) in [6, 6.07) is 88.4.